The number of ether oxygens (including phenoxy) is 2. The highest BCUT2D eigenvalue weighted by Crippen LogP contribution is 2.33. The van der Waals surface area contributed by atoms with Crippen LogP contribution >= 0.6 is 0 Å². The summed E-state index contributed by atoms with van der Waals surface area (Å²) in [4.78, 5) is 10.3. The zero-order valence-electron chi connectivity index (χ0n) is 12.4. The van der Waals surface area contributed by atoms with Crippen molar-refractivity contribution in [2.75, 3.05) is 25.3 Å². The first kappa shape index (κ1) is 16.4. The lowest BCUT2D eigenvalue weighted by Gasteiger charge is -2.11. The summed E-state index contributed by atoms with van der Waals surface area (Å²) in [5.74, 6) is 0.991. The molecular weight excluding hydrogens is 268 g/mol. The molecule has 3 N–H and O–H groups in total. The van der Waals surface area contributed by atoms with Crippen LogP contribution in [-0.4, -0.2) is 20.6 Å². The summed E-state index contributed by atoms with van der Waals surface area (Å²) in [6, 6.07) is 13.4. The lowest BCUT2D eigenvalue weighted by molar-refractivity contribution is -0.105. The van der Waals surface area contributed by atoms with Crippen molar-refractivity contribution in [1.82, 2.24) is 0 Å². The van der Waals surface area contributed by atoms with E-state index in [1.807, 2.05) is 18.2 Å². The van der Waals surface area contributed by atoms with Gasteiger partial charge in [0.1, 0.15) is 11.5 Å². The molecule has 0 spiro atoms. The van der Waals surface area contributed by atoms with E-state index in [2.05, 4.69) is 24.4 Å². The first-order valence-electron chi connectivity index (χ1n) is 6.35. The van der Waals surface area contributed by atoms with E-state index in [0.717, 1.165) is 0 Å². The van der Waals surface area contributed by atoms with Gasteiger partial charge < -0.3 is 20.5 Å². The van der Waals surface area contributed by atoms with E-state index >= 15 is 0 Å². The average Bonchev–Trinajstić information content (AvgIpc) is 2.50. The Bertz CT molecular complexity index is 571. The normalized spacial score (nSPS) is 9.10. The maximum Gasteiger partial charge on any atom is 0.211 e. The van der Waals surface area contributed by atoms with Crippen molar-refractivity contribution in [2.24, 2.45) is 0 Å². The predicted octanol–water partition coefficient (Wildman–Crippen LogP) is 2.85. The van der Waals surface area contributed by atoms with Gasteiger partial charge in [-0.1, -0.05) is 35.9 Å². The number of amides is 1. The molecule has 0 aliphatic rings. The minimum atomic E-state index is 0.459. The molecule has 0 saturated carbocycles. The quantitative estimate of drug-likeness (QED) is 0.670. The highest BCUT2D eigenvalue weighted by Gasteiger charge is 2.07. The second-order valence-electron chi connectivity index (χ2n) is 4.21. The first-order chi connectivity index (χ1) is 10.1. The third-order valence-electron chi connectivity index (χ3n) is 2.71. The van der Waals surface area contributed by atoms with Gasteiger partial charge in [0, 0.05) is 12.1 Å². The van der Waals surface area contributed by atoms with Crippen molar-refractivity contribution >= 4 is 17.8 Å². The van der Waals surface area contributed by atoms with Crippen molar-refractivity contribution in [1.29, 1.82) is 0 Å². The second-order valence-corrected chi connectivity index (χ2v) is 4.21. The average molecular weight is 288 g/mol. The number of nitrogen functional groups attached to an aromatic ring is 1. The van der Waals surface area contributed by atoms with Gasteiger partial charge in [0.15, 0.2) is 0 Å². The molecular formula is C16H20N2O3. The molecule has 0 aliphatic heterocycles. The molecule has 0 radical (unpaired) electrons. The van der Waals surface area contributed by atoms with E-state index in [-0.39, 0.29) is 0 Å². The van der Waals surface area contributed by atoms with Crippen LogP contribution in [-0.2, 0) is 4.79 Å². The van der Waals surface area contributed by atoms with E-state index < -0.39 is 0 Å². The van der Waals surface area contributed by atoms with Gasteiger partial charge in [0.2, 0.25) is 6.41 Å². The fourth-order valence-electron chi connectivity index (χ4n) is 1.63. The summed E-state index contributed by atoms with van der Waals surface area (Å²) in [7, 11) is 3.00. The fourth-order valence-corrected chi connectivity index (χ4v) is 1.63. The molecule has 21 heavy (non-hydrogen) atoms. The molecule has 0 aromatic heterocycles. The van der Waals surface area contributed by atoms with Gasteiger partial charge in [0.05, 0.1) is 25.6 Å². The molecule has 0 fully saturated rings. The summed E-state index contributed by atoms with van der Waals surface area (Å²) in [5, 5.41) is 2.49. The Balaban J connectivity index is 0.000000262. The van der Waals surface area contributed by atoms with Crippen molar-refractivity contribution in [3.05, 3.63) is 48.0 Å². The van der Waals surface area contributed by atoms with E-state index in [1.54, 1.807) is 12.1 Å². The maximum absolute atomic E-state index is 10.3. The number of nitrogens with two attached hydrogens (primary N) is 1. The first-order valence-corrected chi connectivity index (χ1v) is 6.35. The molecule has 112 valence electrons. The number of carbonyl (C=O) groups is 1. The van der Waals surface area contributed by atoms with Gasteiger partial charge in [-0.15, -0.1) is 0 Å². The van der Waals surface area contributed by atoms with Gasteiger partial charge >= 0.3 is 0 Å². The molecule has 0 bridgehead atoms. The van der Waals surface area contributed by atoms with Crippen molar-refractivity contribution < 1.29 is 14.3 Å². The van der Waals surface area contributed by atoms with Gasteiger partial charge in [0.25, 0.3) is 0 Å². The largest absolute Gasteiger partial charge is 0.495 e. The number of rotatable bonds is 4. The second kappa shape index (κ2) is 8.47. The molecule has 5 nitrogen and oxygen atoms in total. The number of aryl methyl sites for hydroxylation is 1. The van der Waals surface area contributed by atoms with Gasteiger partial charge in [-0.25, -0.2) is 0 Å². The molecule has 5 heteroatoms. The van der Waals surface area contributed by atoms with Gasteiger partial charge in [-0.05, 0) is 6.92 Å². The van der Waals surface area contributed by atoms with Gasteiger partial charge in [-0.2, -0.15) is 0 Å². The minimum absolute atomic E-state index is 0.459. The Kier molecular flexibility index (Phi) is 6.60. The smallest absolute Gasteiger partial charge is 0.211 e. The maximum atomic E-state index is 10.3. The Labute approximate surface area is 124 Å². The van der Waals surface area contributed by atoms with E-state index in [4.69, 9.17) is 15.2 Å². The summed E-state index contributed by atoms with van der Waals surface area (Å²) in [6.07, 6.45) is 0.563. The zero-order valence-corrected chi connectivity index (χ0v) is 12.4. The third-order valence-corrected chi connectivity index (χ3v) is 2.71. The molecule has 2 rings (SSSR count). The lowest BCUT2D eigenvalue weighted by Crippen LogP contribution is -2.00. The standard InChI is InChI=1S/C9H12N2O3.C7H8/c1-13-8-4-7(11-5-12)9(14-2)3-6(8)10;1-7-5-3-2-4-6-7/h3-5H,10H2,1-2H3,(H,11,12);2-6H,1H3. The molecule has 0 atom stereocenters. The zero-order chi connectivity index (χ0) is 15.7. The monoisotopic (exact) mass is 288 g/mol. The summed E-state index contributed by atoms with van der Waals surface area (Å²) >= 11 is 0. The van der Waals surface area contributed by atoms with Crippen LogP contribution in [0.15, 0.2) is 42.5 Å². The molecule has 1 amide bonds. The number of methoxy groups -OCH3 is 2. The molecule has 0 heterocycles. The highest BCUT2D eigenvalue weighted by molar-refractivity contribution is 5.79. The number of carbonyl (C=O) groups excluding carboxylic acids is 1. The van der Waals surface area contributed by atoms with Crippen molar-refractivity contribution in [2.45, 2.75) is 6.92 Å². The van der Waals surface area contributed by atoms with Crippen molar-refractivity contribution in [3.8, 4) is 11.5 Å². The Morgan fingerprint density at radius 1 is 1.05 bits per heavy atom. The Morgan fingerprint density at radius 2 is 1.67 bits per heavy atom. The lowest BCUT2D eigenvalue weighted by atomic mass is 10.2. The summed E-state index contributed by atoms with van der Waals surface area (Å²) in [6.45, 7) is 2.08. The van der Waals surface area contributed by atoms with Crippen molar-refractivity contribution in [3.63, 3.8) is 0 Å². The summed E-state index contributed by atoms with van der Waals surface area (Å²) < 4.78 is 10.0. The summed E-state index contributed by atoms with van der Waals surface area (Å²) in [5.41, 5.74) is 7.95. The van der Waals surface area contributed by atoms with Crippen LogP contribution in [0.2, 0.25) is 0 Å². The van der Waals surface area contributed by atoms with Crippen LogP contribution in [0.1, 0.15) is 5.56 Å². The number of hydrogen-bond acceptors (Lipinski definition) is 4. The molecule has 0 unspecified atom stereocenters. The molecule has 2 aromatic carbocycles. The molecule has 2 aromatic rings. The molecule has 0 aliphatic carbocycles. The predicted molar refractivity (Wildman–Crippen MR) is 84.8 cm³/mol. The molecule has 0 saturated heterocycles. The minimum Gasteiger partial charge on any atom is -0.495 e. The Hall–Kier alpha value is -2.69. The van der Waals surface area contributed by atoms with Crippen LogP contribution < -0.4 is 20.5 Å². The number of benzene rings is 2. The number of hydrogen-bond donors (Lipinski definition) is 2. The van der Waals surface area contributed by atoms with Gasteiger partial charge in [-0.3, -0.25) is 4.79 Å². The van der Waals surface area contributed by atoms with E-state index in [0.29, 0.717) is 29.3 Å². The third kappa shape index (κ3) is 5.06. The van der Waals surface area contributed by atoms with E-state index in [1.165, 1.54) is 19.8 Å². The van der Waals surface area contributed by atoms with E-state index in [9.17, 15) is 4.79 Å². The SMILES string of the molecule is COc1cc(NC=O)c(OC)cc1N.Cc1ccccc1. The fraction of sp³-hybridized carbons (Fsp3) is 0.188. The number of nitrogens with one attached hydrogen (secondary N) is 1. The van der Waals surface area contributed by atoms with Crippen LogP contribution in [0, 0.1) is 6.92 Å². The highest BCUT2D eigenvalue weighted by atomic mass is 16.5. The number of anilines is 2. The topological polar surface area (TPSA) is 73.6 Å². The van der Waals surface area contributed by atoms with Crippen LogP contribution in [0.5, 0.6) is 11.5 Å². The van der Waals surface area contributed by atoms with Crippen LogP contribution in [0.4, 0.5) is 11.4 Å². The van der Waals surface area contributed by atoms with Crippen LogP contribution in [0.25, 0.3) is 0 Å². The Morgan fingerprint density at radius 3 is 2.10 bits per heavy atom. The van der Waals surface area contributed by atoms with Crippen LogP contribution in [0.3, 0.4) is 0 Å².